The van der Waals surface area contributed by atoms with E-state index < -0.39 is 23.3 Å². The molecular formula is C36H33F3N6O3. The van der Waals surface area contributed by atoms with Crippen molar-refractivity contribution in [2.75, 3.05) is 37.7 Å². The summed E-state index contributed by atoms with van der Waals surface area (Å²) < 4.78 is 59.4. The van der Waals surface area contributed by atoms with E-state index in [0.717, 1.165) is 18.4 Å². The molecule has 2 aromatic carbocycles. The summed E-state index contributed by atoms with van der Waals surface area (Å²) in [5.74, 6) is 1.31. The van der Waals surface area contributed by atoms with Gasteiger partial charge in [0.05, 0.1) is 17.7 Å². The molecule has 2 aromatic heterocycles. The van der Waals surface area contributed by atoms with E-state index in [1.165, 1.54) is 24.3 Å². The molecule has 5 aliphatic heterocycles. The summed E-state index contributed by atoms with van der Waals surface area (Å²) in [7, 11) is 0. The third-order valence-electron chi connectivity index (χ3n) is 10.8. The minimum absolute atomic E-state index is 0.0381. The number of pyridine rings is 1. The molecule has 246 valence electrons. The molecule has 4 aromatic rings. The maximum Gasteiger partial charge on any atom is 0.319 e. The molecule has 5 atom stereocenters. The third kappa shape index (κ3) is 4.44. The van der Waals surface area contributed by atoms with Crippen molar-refractivity contribution in [3.8, 4) is 41.2 Å². The summed E-state index contributed by atoms with van der Waals surface area (Å²) in [6.45, 7) is 6.12. The SMILES string of the molecule is C#Cc1c(F)ccc2cc(O)cc(-c3nc4c5c(nc(OC[C@]67CC(=C)CN6C[C@H](F)C7)nc5c3F)N3C[C@H]5CC[C@H](N5)[C@H]3CCO4)c12. The molecule has 5 aliphatic rings. The number of fused-ring (bicyclic) bond motifs is 7. The lowest BCUT2D eigenvalue weighted by molar-refractivity contribution is 0.107. The number of phenols is 1. The van der Waals surface area contributed by atoms with E-state index in [1.807, 2.05) is 0 Å². The van der Waals surface area contributed by atoms with Crippen molar-refractivity contribution >= 4 is 27.5 Å². The molecule has 48 heavy (non-hydrogen) atoms. The predicted octanol–water partition coefficient (Wildman–Crippen LogP) is 5.02. The van der Waals surface area contributed by atoms with Crippen molar-refractivity contribution in [1.29, 1.82) is 0 Å². The van der Waals surface area contributed by atoms with Gasteiger partial charge in [0.15, 0.2) is 5.82 Å². The van der Waals surface area contributed by atoms with Gasteiger partial charge < -0.3 is 24.8 Å². The molecule has 12 heteroatoms. The number of nitrogens with zero attached hydrogens (tertiary/aromatic N) is 5. The molecule has 9 nitrogen and oxygen atoms in total. The highest BCUT2D eigenvalue weighted by molar-refractivity contribution is 6.04. The number of phenolic OH excluding ortho intramolecular Hbond substituents is 1. The Morgan fingerprint density at radius 2 is 2.02 bits per heavy atom. The zero-order chi connectivity index (χ0) is 32.9. The largest absolute Gasteiger partial charge is 0.508 e. The molecule has 0 radical (unpaired) electrons. The lowest BCUT2D eigenvalue weighted by atomic mass is 9.93. The highest BCUT2D eigenvalue weighted by Crippen LogP contribution is 2.46. The maximum absolute atomic E-state index is 17.1. The highest BCUT2D eigenvalue weighted by Gasteiger charge is 2.51. The second kappa shape index (κ2) is 10.7. The molecule has 7 heterocycles. The van der Waals surface area contributed by atoms with Gasteiger partial charge in [-0.25, -0.2) is 18.2 Å². The van der Waals surface area contributed by atoms with Crippen LogP contribution < -0.4 is 19.7 Å². The van der Waals surface area contributed by atoms with Crippen LogP contribution in [0.4, 0.5) is 19.0 Å². The number of nitrogens with one attached hydrogen (secondary N) is 1. The number of aromatic nitrogens is 3. The van der Waals surface area contributed by atoms with Gasteiger partial charge in [-0.15, -0.1) is 6.42 Å². The number of benzene rings is 2. The minimum atomic E-state index is -0.981. The van der Waals surface area contributed by atoms with Gasteiger partial charge in [0, 0.05) is 61.6 Å². The number of ether oxygens (including phenoxy) is 2. The normalized spacial score (nSPS) is 27.8. The van der Waals surface area contributed by atoms with Crippen LogP contribution in [0.15, 0.2) is 36.4 Å². The Labute approximate surface area is 274 Å². The van der Waals surface area contributed by atoms with Crippen LogP contribution in [0.3, 0.4) is 0 Å². The standard InChI is InChI=1S/C36H33F3N6O3/c1-3-23-25(38)6-4-19-10-22(46)11-24(28(19)23)31-30(39)32-29-33(45-16-21-5-7-26(40-21)27(45)8-9-47-34(29)41-31)43-35(42-32)48-17-36-12-18(2)14-44(36)15-20(37)13-36/h1,4,6,10-11,20-21,26-27,40,46H,2,5,7-9,12-17H2/t20-,21-,26+,27-,36-/m1/s1. The van der Waals surface area contributed by atoms with Gasteiger partial charge in [-0.2, -0.15) is 9.97 Å². The van der Waals surface area contributed by atoms with Crippen molar-refractivity contribution < 1.29 is 27.8 Å². The first-order valence-electron chi connectivity index (χ1n) is 16.4. The van der Waals surface area contributed by atoms with Crippen LogP contribution >= 0.6 is 0 Å². The lowest BCUT2D eigenvalue weighted by Gasteiger charge is -2.43. The minimum Gasteiger partial charge on any atom is -0.508 e. The van der Waals surface area contributed by atoms with Crippen molar-refractivity contribution in [3.05, 3.63) is 53.6 Å². The monoisotopic (exact) mass is 654 g/mol. The Hall–Kier alpha value is -4.60. The predicted molar refractivity (Wildman–Crippen MR) is 174 cm³/mol. The van der Waals surface area contributed by atoms with Gasteiger partial charge in [0.1, 0.15) is 46.8 Å². The maximum atomic E-state index is 17.1. The van der Waals surface area contributed by atoms with E-state index in [-0.39, 0.29) is 70.1 Å². The Kier molecular flexibility index (Phi) is 6.59. The quantitative estimate of drug-likeness (QED) is 0.232. The average Bonchev–Trinajstić information content (AvgIpc) is 3.69. The molecule has 4 saturated heterocycles. The van der Waals surface area contributed by atoms with E-state index in [2.05, 4.69) is 37.6 Å². The zero-order valence-corrected chi connectivity index (χ0v) is 26.1. The number of rotatable bonds is 4. The summed E-state index contributed by atoms with van der Waals surface area (Å²) in [5.41, 5.74) is 0.153. The Balaban J connectivity index is 1.25. The molecule has 2 bridgehead atoms. The lowest BCUT2D eigenvalue weighted by Crippen LogP contribution is -2.59. The molecule has 4 fully saturated rings. The second-order valence-electron chi connectivity index (χ2n) is 13.8. The first kappa shape index (κ1) is 29.5. The number of anilines is 1. The average molecular weight is 655 g/mol. The van der Waals surface area contributed by atoms with E-state index >= 15 is 4.39 Å². The Morgan fingerprint density at radius 1 is 1.15 bits per heavy atom. The summed E-state index contributed by atoms with van der Waals surface area (Å²) >= 11 is 0. The molecule has 0 aliphatic carbocycles. The molecule has 2 N–H and O–H groups in total. The van der Waals surface area contributed by atoms with Gasteiger partial charge in [-0.05, 0) is 42.8 Å². The number of alkyl halides is 1. The number of hydrogen-bond donors (Lipinski definition) is 2. The van der Waals surface area contributed by atoms with E-state index in [4.69, 9.17) is 20.9 Å². The molecular weight excluding hydrogens is 621 g/mol. The fraction of sp³-hybridized carbons (Fsp3) is 0.417. The van der Waals surface area contributed by atoms with Crippen LogP contribution in [0.5, 0.6) is 17.6 Å². The van der Waals surface area contributed by atoms with Crippen LogP contribution in [-0.4, -0.2) is 87.6 Å². The van der Waals surface area contributed by atoms with Crippen LogP contribution in [0.1, 0.15) is 37.7 Å². The van der Waals surface area contributed by atoms with Gasteiger partial charge in [-0.3, -0.25) is 4.90 Å². The fourth-order valence-corrected chi connectivity index (χ4v) is 8.82. The Bertz CT molecular complexity index is 2090. The van der Waals surface area contributed by atoms with Crippen molar-refractivity contribution in [2.45, 2.75) is 61.9 Å². The van der Waals surface area contributed by atoms with Crippen molar-refractivity contribution in [3.63, 3.8) is 0 Å². The Morgan fingerprint density at radius 3 is 2.88 bits per heavy atom. The van der Waals surface area contributed by atoms with Gasteiger partial charge in [-0.1, -0.05) is 24.1 Å². The van der Waals surface area contributed by atoms with Gasteiger partial charge in [0.25, 0.3) is 0 Å². The van der Waals surface area contributed by atoms with Crippen LogP contribution in [0.25, 0.3) is 32.9 Å². The smallest absolute Gasteiger partial charge is 0.319 e. The molecule has 9 rings (SSSR count). The first-order chi connectivity index (χ1) is 23.2. The summed E-state index contributed by atoms with van der Waals surface area (Å²) in [4.78, 5) is 18.4. The van der Waals surface area contributed by atoms with Crippen molar-refractivity contribution in [1.82, 2.24) is 25.2 Å². The zero-order valence-electron chi connectivity index (χ0n) is 26.1. The van der Waals surface area contributed by atoms with Gasteiger partial charge >= 0.3 is 6.01 Å². The molecule has 0 amide bonds. The fourth-order valence-electron chi connectivity index (χ4n) is 8.82. The number of piperazine rings is 1. The summed E-state index contributed by atoms with van der Waals surface area (Å²) in [6, 6.07) is 5.88. The topological polar surface area (TPSA) is 95.9 Å². The number of aromatic hydroxyl groups is 1. The molecule has 0 spiro atoms. The second-order valence-corrected chi connectivity index (χ2v) is 13.8. The van der Waals surface area contributed by atoms with E-state index in [1.54, 1.807) is 0 Å². The first-order valence-corrected chi connectivity index (χ1v) is 16.4. The van der Waals surface area contributed by atoms with Crippen LogP contribution in [-0.2, 0) is 0 Å². The third-order valence-corrected chi connectivity index (χ3v) is 10.8. The summed E-state index contributed by atoms with van der Waals surface area (Å²) in [6.07, 6.45) is 8.33. The van der Waals surface area contributed by atoms with E-state index in [9.17, 15) is 13.9 Å². The number of hydrogen-bond acceptors (Lipinski definition) is 9. The highest BCUT2D eigenvalue weighted by atomic mass is 19.1. The molecule has 0 unspecified atom stereocenters. The number of halogens is 3. The van der Waals surface area contributed by atoms with E-state index in [0.29, 0.717) is 62.1 Å². The van der Waals surface area contributed by atoms with Crippen molar-refractivity contribution in [2.24, 2.45) is 0 Å². The molecule has 0 saturated carbocycles. The van der Waals surface area contributed by atoms with Gasteiger partial charge in [0.2, 0.25) is 5.88 Å². The van der Waals surface area contributed by atoms with Crippen LogP contribution in [0, 0.1) is 24.0 Å². The summed E-state index contributed by atoms with van der Waals surface area (Å²) in [5, 5.41) is 15.3. The van der Waals surface area contributed by atoms with Crippen LogP contribution in [0.2, 0.25) is 0 Å². The number of terminal acetylenes is 1.